The summed E-state index contributed by atoms with van der Waals surface area (Å²) in [5.41, 5.74) is 0. The molecule has 0 amide bonds. The first kappa shape index (κ1) is 16.5. The minimum absolute atomic E-state index is 1.08. The zero-order valence-electron chi connectivity index (χ0n) is 7.84. The van der Waals surface area contributed by atoms with Gasteiger partial charge in [0.25, 0.3) is 0 Å². The molecule has 0 saturated heterocycles. The molecule has 0 rings (SSSR count). The normalized spacial score (nSPS) is 5.27. The first-order chi connectivity index (χ1) is 5.24. The van der Waals surface area contributed by atoms with Crippen molar-refractivity contribution in [3.05, 3.63) is 50.6 Å². The van der Waals surface area contributed by atoms with Crippen molar-refractivity contribution < 1.29 is 0 Å². The number of allylic oxidation sites excluding steroid dienone is 4. The molecule has 0 aromatic heterocycles. The molecule has 0 aromatic carbocycles. The van der Waals surface area contributed by atoms with Crippen molar-refractivity contribution in [1.29, 1.82) is 0 Å². The Bertz CT molecular complexity index is 82.2. The minimum atomic E-state index is 1.08. The topological polar surface area (TPSA) is 0 Å². The highest BCUT2D eigenvalue weighted by Gasteiger charge is 1.45. The third kappa shape index (κ3) is 471. The molecule has 0 aliphatic rings. The molecule has 64 valence electrons. The maximum Gasteiger partial charge on any atom is -0.0382 e. The fourth-order valence-corrected chi connectivity index (χ4v) is 0. The lowest BCUT2D eigenvalue weighted by atomic mass is 10.5. The molecule has 0 fully saturated rings. The minimum Gasteiger partial charge on any atom is -0.103 e. The van der Waals surface area contributed by atoms with E-state index in [4.69, 9.17) is 0 Å². The lowest BCUT2D eigenvalue weighted by molar-refractivity contribution is 1.23. The third-order valence-electron chi connectivity index (χ3n) is 0.455. The summed E-state index contributed by atoms with van der Waals surface area (Å²) < 4.78 is 0. The van der Waals surface area contributed by atoms with Crippen molar-refractivity contribution in [3.8, 4) is 0 Å². The Morgan fingerprint density at radius 2 is 1.18 bits per heavy atom. The SMILES string of the molecule is C=CC.C=CC=C.C=CCC. The van der Waals surface area contributed by atoms with Crippen LogP contribution >= 0.6 is 0 Å². The molecule has 0 bridgehead atoms. The van der Waals surface area contributed by atoms with Crippen molar-refractivity contribution >= 4 is 0 Å². The van der Waals surface area contributed by atoms with E-state index in [2.05, 4.69) is 33.2 Å². The molecule has 0 heteroatoms. The quantitative estimate of drug-likeness (QED) is 0.412. The van der Waals surface area contributed by atoms with Gasteiger partial charge in [0, 0.05) is 0 Å². The highest BCUT2D eigenvalue weighted by Crippen LogP contribution is 1.66. The highest BCUT2D eigenvalue weighted by molar-refractivity contribution is 4.88. The zero-order chi connectivity index (χ0) is 9.54. The molecule has 0 N–H and O–H groups in total. The van der Waals surface area contributed by atoms with E-state index in [1.54, 1.807) is 18.2 Å². The van der Waals surface area contributed by atoms with E-state index in [0.717, 1.165) is 6.42 Å². The van der Waals surface area contributed by atoms with Crippen molar-refractivity contribution in [2.24, 2.45) is 0 Å². The van der Waals surface area contributed by atoms with E-state index < -0.39 is 0 Å². The standard InChI is InChI=1S/C4H8.C4H6.C3H6/c2*1-3-4-2;1-3-2/h3H,1,4H2,2H3;3-4H,1-2H2;3H,1H2,2H3. The molecule has 0 heterocycles. The highest BCUT2D eigenvalue weighted by atomic mass is 13.5. The van der Waals surface area contributed by atoms with Crippen molar-refractivity contribution in [2.45, 2.75) is 20.3 Å². The summed E-state index contributed by atoms with van der Waals surface area (Å²) in [7, 11) is 0. The summed E-state index contributed by atoms with van der Waals surface area (Å²) in [6, 6.07) is 0. The largest absolute Gasteiger partial charge is 0.103 e. The van der Waals surface area contributed by atoms with Gasteiger partial charge in [-0.05, 0) is 13.3 Å². The molecular weight excluding hydrogens is 132 g/mol. The summed E-state index contributed by atoms with van der Waals surface area (Å²) in [6.07, 6.45) is 7.99. The van der Waals surface area contributed by atoms with Crippen LogP contribution in [0.4, 0.5) is 0 Å². The van der Waals surface area contributed by atoms with E-state index in [-0.39, 0.29) is 0 Å². The third-order valence-corrected chi connectivity index (χ3v) is 0.455. The van der Waals surface area contributed by atoms with Crippen LogP contribution in [-0.2, 0) is 0 Å². The molecule has 0 atom stereocenters. The van der Waals surface area contributed by atoms with Crippen LogP contribution in [0.3, 0.4) is 0 Å². The summed E-state index contributed by atoms with van der Waals surface area (Å²) in [5, 5.41) is 0. The van der Waals surface area contributed by atoms with Crippen LogP contribution in [0.5, 0.6) is 0 Å². The van der Waals surface area contributed by atoms with Gasteiger partial charge < -0.3 is 0 Å². The molecule has 0 saturated carbocycles. The molecule has 0 nitrogen and oxygen atoms in total. The Kier molecular flexibility index (Phi) is 54.3. The second-order valence-corrected chi connectivity index (χ2v) is 1.58. The van der Waals surface area contributed by atoms with Gasteiger partial charge in [0.05, 0.1) is 0 Å². The molecule has 0 spiro atoms. The summed E-state index contributed by atoms with van der Waals surface area (Å²) in [5.74, 6) is 0. The predicted octanol–water partition coefficient (Wildman–Crippen LogP) is 4.13. The van der Waals surface area contributed by atoms with Crippen LogP contribution < -0.4 is 0 Å². The Hall–Kier alpha value is -1.04. The van der Waals surface area contributed by atoms with E-state index >= 15 is 0 Å². The fraction of sp³-hybridized carbons (Fsp3) is 0.273. The van der Waals surface area contributed by atoms with Gasteiger partial charge in [-0.25, -0.2) is 0 Å². The van der Waals surface area contributed by atoms with Gasteiger partial charge in [0.1, 0.15) is 0 Å². The smallest absolute Gasteiger partial charge is 0.0382 e. The average molecular weight is 152 g/mol. The van der Waals surface area contributed by atoms with Crippen LogP contribution in [0.15, 0.2) is 50.6 Å². The van der Waals surface area contributed by atoms with Gasteiger partial charge in [-0.1, -0.05) is 44.4 Å². The van der Waals surface area contributed by atoms with Gasteiger partial charge >= 0.3 is 0 Å². The van der Waals surface area contributed by atoms with Gasteiger partial charge in [0.15, 0.2) is 0 Å². The summed E-state index contributed by atoms with van der Waals surface area (Å²) >= 11 is 0. The fourth-order valence-electron chi connectivity index (χ4n) is 0. The molecule has 0 aliphatic carbocycles. The summed E-state index contributed by atoms with van der Waals surface area (Å²) in [4.78, 5) is 0. The van der Waals surface area contributed by atoms with Crippen LogP contribution in [0.25, 0.3) is 0 Å². The number of hydrogen-bond acceptors (Lipinski definition) is 0. The van der Waals surface area contributed by atoms with Crippen molar-refractivity contribution in [3.63, 3.8) is 0 Å². The van der Waals surface area contributed by atoms with E-state index in [9.17, 15) is 0 Å². The van der Waals surface area contributed by atoms with E-state index in [0.29, 0.717) is 0 Å². The van der Waals surface area contributed by atoms with Crippen LogP contribution in [0, 0.1) is 0 Å². The Morgan fingerprint density at radius 3 is 1.18 bits per heavy atom. The van der Waals surface area contributed by atoms with E-state index in [1.807, 2.05) is 13.0 Å². The van der Waals surface area contributed by atoms with Gasteiger partial charge in [-0.15, -0.1) is 13.2 Å². The van der Waals surface area contributed by atoms with Gasteiger partial charge in [-0.3, -0.25) is 0 Å². The second kappa shape index (κ2) is 36.2. The second-order valence-electron chi connectivity index (χ2n) is 1.58. The van der Waals surface area contributed by atoms with Crippen molar-refractivity contribution in [2.75, 3.05) is 0 Å². The van der Waals surface area contributed by atoms with Gasteiger partial charge in [0.2, 0.25) is 0 Å². The molecule has 0 unspecified atom stereocenters. The predicted molar refractivity (Wildman–Crippen MR) is 56.8 cm³/mol. The molecule has 0 radical (unpaired) electrons. The maximum absolute atomic E-state index is 3.48. The molecule has 0 aliphatic heterocycles. The van der Waals surface area contributed by atoms with E-state index in [1.165, 1.54) is 0 Å². The summed E-state index contributed by atoms with van der Waals surface area (Å²) in [6.45, 7) is 17.5. The molecule has 11 heavy (non-hydrogen) atoms. The first-order valence-corrected chi connectivity index (χ1v) is 3.66. The average Bonchev–Trinajstić information content (AvgIpc) is 2.06. The monoisotopic (exact) mass is 152 g/mol. The van der Waals surface area contributed by atoms with Crippen LogP contribution in [0.2, 0.25) is 0 Å². The van der Waals surface area contributed by atoms with Crippen LogP contribution in [0.1, 0.15) is 20.3 Å². The Labute approximate surface area is 71.6 Å². The van der Waals surface area contributed by atoms with Crippen molar-refractivity contribution in [1.82, 2.24) is 0 Å². The Balaban J connectivity index is -0.0000000886. The molecular formula is C11H20. The maximum atomic E-state index is 3.48. The molecule has 0 aromatic rings. The number of hydrogen-bond donors (Lipinski definition) is 0. The zero-order valence-corrected chi connectivity index (χ0v) is 7.84. The number of rotatable bonds is 2. The lowest BCUT2D eigenvalue weighted by Gasteiger charge is -1.57. The Morgan fingerprint density at radius 1 is 1.00 bits per heavy atom. The van der Waals surface area contributed by atoms with Crippen LogP contribution in [-0.4, -0.2) is 0 Å². The van der Waals surface area contributed by atoms with Gasteiger partial charge in [-0.2, -0.15) is 0 Å². The first-order valence-electron chi connectivity index (χ1n) is 3.66. The lowest BCUT2D eigenvalue weighted by Crippen LogP contribution is -1.36.